The number of hydrogen-bond acceptors (Lipinski definition) is 7. The van der Waals surface area contributed by atoms with Crippen molar-refractivity contribution in [3.63, 3.8) is 0 Å². The molecule has 0 spiro atoms. The average molecular weight is 373 g/mol. The van der Waals surface area contributed by atoms with Crippen LogP contribution in [-0.4, -0.2) is 56.8 Å². The predicted molar refractivity (Wildman–Crippen MR) is 99.1 cm³/mol. The zero-order valence-corrected chi connectivity index (χ0v) is 15.9. The Morgan fingerprint density at radius 3 is 2.56 bits per heavy atom. The first-order chi connectivity index (χ1) is 12.8. The first kappa shape index (κ1) is 19.0. The van der Waals surface area contributed by atoms with Crippen molar-refractivity contribution in [3.8, 4) is 11.5 Å². The first-order valence-corrected chi connectivity index (χ1v) is 8.61. The summed E-state index contributed by atoms with van der Waals surface area (Å²) in [7, 11) is 6.55. The van der Waals surface area contributed by atoms with Gasteiger partial charge in [-0.25, -0.2) is 4.79 Å². The van der Waals surface area contributed by atoms with E-state index in [-0.39, 0.29) is 23.5 Å². The van der Waals surface area contributed by atoms with Crippen LogP contribution in [-0.2, 0) is 19.9 Å². The van der Waals surface area contributed by atoms with Crippen LogP contribution in [0.4, 0.5) is 0 Å². The molecular formula is C20H23NO6. The lowest BCUT2D eigenvalue weighted by Gasteiger charge is -2.29. The third kappa shape index (κ3) is 3.19. The smallest absolute Gasteiger partial charge is 0.340 e. The molecular weight excluding hydrogens is 350 g/mol. The van der Waals surface area contributed by atoms with E-state index in [0.717, 1.165) is 0 Å². The molecule has 3 rings (SSSR count). The van der Waals surface area contributed by atoms with E-state index in [0.29, 0.717) is 29.3 Å². The highest BCUT2D eigenvalue weighted by Gasteiger charge is 2.48. The lowest BCUT2D eigenvalue weighted by atomic mass is 9.84. The molecule has 0 amide bonds. The Morgan fingerprint density at radius 1 is 1.22 bits per heavy atom. The van der Waals surface area contributed by atoms with Gasteiger partial charge in [-0.15, -0.1) is 0 Å². The molecule has 144 valence electrons. The minimum Gasteiger partial charge on any atom is -0.504 e. The maximum Gasteiger partial charge on any atom is 0.340 e. The van der Waals surface area contributed by atoms with Crippen LogP contribution in [0.2, 0.25) is 0 Å². The molecule has 1 aliphatic heterocycles. The van der Waals surface area contributed by atoms with Crippen LogP contribution >= 0.6 is 0 Å². The number of carbonyl (C=O) groups is 2. The normalized spacial score (nSPS) is 18.5. The fourth-order valence-corrected chi connectivity index (χ4v) is 3.54. The van der Waals surface area contributed by atoms with E-state index in [2.05, 4.69) is 0 Å². The van der Waals surface area contributed by atoms with E-state index < -0.39 is 17.5 Å². The molecule has 0 aromatic heterocycles. The fourth-order valence-electron chi connectivity index (χ4n) is 3.54. The van der Waals surface area contributed by atoms with Gasteiger partial charge in [0.1, 0.15) is 5.60 Å². The van der Waals surface area contributed by atoms with Gasteiger partial charge in [-0.1, -0.05) is 18.2 Å². The van der Waals surface area contributed by atoms with Gasteiger partial charge >= 0.3 is 11.9 Å². The highest BCUT2D eigenvalue weighted by atomic mass is 16.6. The summed E-state index contributed by atoms with van der Waals surface area (Å²) in [5, 5.41) is 11.7. The molecule has 2 aromatic carbocycles. The number of methoxy groups -OCH3 is 2. The van der Waals surface area contributed by atoms with Crippen LogP contribution < -0.4 is 4.74 Å². The maximum atomic E-state index is 12.8. The number of benzene rings is 2. The largest absolute Gasteiger partial charge is 0.504 e. The highest BCUT2D eigenvalue weighted by molar-refractivity contribution is 6.11. The molecule has 0 radical (unpaired) electrons. The maximum absolute atomic E-state index is 12.8. The molecule has 7 heteroatoms. The monoisotopic (exact) mass is 373 g/mol. The minimum atomic E-state index is -1.13. The summed E-state index contributed by atoms with van der Waals surface area (Å²) in [6.07, 6.45) is 0.330. The fraction of sp³-hybridized carbons (Fsp3) is 0.400. The second-order valence-electron chi connectivity index (χ2n) is 6.89. The summed E-state index contributed by atoms with van der Waals surface area (Å²) in [5.41, 5.74) is -0.282. The van der Waals surface area contributed by atoms with Gasteiger partial charge < -0.3 is 24.2 Å². The minimum absolute atomic E-state index is 0.0910. The van der Waals surface area contributed by atoms with Gasteiger partial charge in [0.25, 0.3) is 0 Å². The number of aromatic hydroxyl groups is 1. The van der Waals surface area contributed by atoms with Crippen molar-refractivity contribution < 1.29 is 28.9 Å². The first-order valence-electron chi connectivity index (χ1n) is 8.61. The Labute approximate surface area is 157 Å². The highest BCUT2D eigenvalue weighted by Crippen LogP contribution is 2.48. The standard InChI is InChI=1S/C20H23NO6/c1-21(2)10-9-20(11-15(22)26-4)13-7-5-12-6-8-14(25-3)18(23)16(12)17(13)19(24)27-20/h5-8,23H,9-11H2,1-4H3. The van der Waals surface area contributed by atoms with Gasteiger partial charge in [-0.05, 0) is 25.5 Å². The second kappa shape index (κ2) is 7.08. The summed E-state index contributed by atoms with van der Waals surface area (Å²) in [6.45, 7) is 0.603. The molecule has 1 aliphatic rings. The van der Waals surface area contributed by atoms with Gasteiger partial charge in [0.15, 0.2) is 11.5 Å². The molecule has 0 bridgehead atoms. The van der Waals surface area contributed by atoms with Gasteiger partial charge in [0.2, 0.25) is 0 Å². The number of nitrogens with zero attached hydrogens (tertiary/aromatic N) is 1. The quantitative estimate of drug-likeness (QED) is 0.779. The molecule has 0 saturated heterocycles. The molecule has 2 aromatic rings. The number of phenolic OH excluding ortho intramolecular Hbond substituents is 1. The van der Waals surface area contributed by atoms with Crippen LogP contribution in [0.3, 0.4) is 0 Å². The third-order valence-electron chi connectivity index (χ3n) is 4.95. The van der Waals surface area contributed by atoms with Crippen LogP contribution in [0.15, 0.2) is 24.3 Å². The van der Waals surface area contributed by atoms with Crippen molar-refractivity contribution >= 4 is 22.7 Å². The Morgan fingerprint density at radius 2 is 1.93 bits per heavy atom. The van der Waals surface area contributed by atoms with Crippen LogP contribution in [0.5, 0.6) is 11.5 Å². The molecule has 0 saturated carbocycles. The molecule has 27 heavy (non-hydrogen) atoms. The lowest BCUT2D eigenvalue weighted by Crippen LogP contribution is -2.34. The lowest BCUT2D eigenvalue weighted by molar-refractivity contribution is -0.146. The average Bonchev–Trinajstić information content (AvgIpc) is 2.92. The van der Waals surface area contributed by atoms with E-state index in [4.69, 9.17) is 14.2 Å². The van der Waals surface area contributed by atoms with Gasteiger partial charge in [0.05, 0.1) is 26.2 Å². The number of cyclic esters (lactones) is 1. The van der Waals surface area contributed by atoms with Gasteiger partial charge in [0, 0.05) is 23.9 Å². The summed E-state index contributed by atoms with van der Waals surface area (Å²) < 4.78 is 15.8. The number of phenols is 1. The van der Waals surface area contributed by atoms with E-state index in [1.54, 1.807) is 24.3 Å². The zero-order chi connectivity index (χ0) is 19.8. The van der Waals surface area contributed by atoms with Crippen molar-refractivity contribution in [2.75, 3.05) is 34.9 Å². The Balaban J connectivity index is 2.23. The van der Waals surface area contributed by atoms with E-state index >= 15 is 0 Å². The van der Waals surface area contributed by atoms with Crippen molar-refractivity contribution in [1.29, 1.82) is 0 Å². The number of ether oxygens (including phenoxy) is 3. The third-order valence-corrected chi connectivity index (χ3v) is 4.95. The van der Waals surface area contributed by atoms with E-state index in [1.807, 2.05) is 19.0 Å². The second-order valence-corrected chi connectivity index (χ2v) is 6.89. The van der Waals surface area contributed by atoms with E-state index in [9.17, 15) is 14.7 Å². The molecule has 0 aliphatic carbocycles. The zero-order valence-electron chi connectivity index (χ0n) is 15.9. The molecule has 0 fully saturated rings. The van der Waals surface area contributed by atoms with Crippen molar-refractivity contribution in [1.82, 2.24) is 4.90 Å². The summed E-state index contributed by atoms with van der Waals surface area (Å²) in [6, 6.07) is 6.99. The van der Waals surface area contributed by atoms with Crippen LogP contribution in [0.25, 0.3) is 10.8 Å². The van der Waals surface area contributed by atoms with Gasteiger partial charge in [-0.3, -0.25) is 4.79 Å². The molecule has 1 atom stereocenters. The Hall–Kier alpha value is -2.80. The molecule has 7 nitrogen and oxygen atoms in total. The SMILES string of the molecule is COC(=O)CC1(CCN(C)C)OC(=O)c2c1ccc1ccc(OC)c(O)c21. The summed E-state index contributed by atoms with van der Waals surface area (Å²) in [5.74, 6) is -0.890. The van der Waals surface area contributed by atoms with Crippen molar-refractivity contribution in [3.05, 3.63) is 35.4 Å². The van der Waals surface area contributed by atoms with Gasteiger partial charge in [-0.2, -0.15) is 0 Å². The van der Waals surface area contributed by atoms with E-state index in [1.165, 1.54) is 14.2 Å². The summed E-state index contributed by atoms with van der Waals surface area (Å²) in [4.78, 5) is 26.8. The van der Waals surface area contributed by atoms with Crippen LogP contribution in [0.1, 0.15) is 28.8 Å². The van der Waals surface area contributed by atoms with Crippen molar-refractivity contribution in [2.45, 2.75) is 18.4 Å². The Kier molecular flexibility index (Phi) is 4.97. The topological polar surface area (TPSA) is 85.3 Å². The number of fused-ring (bicyclic) bond motifs is 3. The molecule has 1 heterocycles. The predicted octanol–water partition coefficient (Wildman–Crippen LogP) is 2.43. The summed E-state index contributed by atoms with van der Waals surface area (Å²) >= 11 is 0. The number of rotatable bonds is 6. The number of esters is 2. The van der Waals surface area contributed by atoms with Crippen molar-refractivity contribution in [2.24, 2.45) is 0 Å². The molecule has 1 N–H and O–H groups in total. The van der Waals surface area contributed by atoms with Crippen LogP contribution in [0, 0.1) is 0 Å². The number of carbonyl (C=O) groups excluding carboxylic acids is 2. The Bertz CT molecular complexity index is 907. The number of hydrogen-bond donors (Lipinski definition) is 1. The molecule has 1 unspecified atom stereocenters.